The van der Waals surface area contributed by atoms with E-state index >= 15 is 0 Å². The molecule has 2 aromatic rings. The topological polar surface area (TPSA) is 84.4 Å². The van der Waals surface area contributed by atoms with Crippen LogP contribution in [0.4, 0.5) is 13.9 Å². The molecule has 0 spiro atoms. The summed E-state index contributed by atoms with van der Waals surface area (Å²) < 4.78 is 62.8. The number of benzene rings is 1. The normalized spacial score (nSPS) is 21.3. The maximum absolute atomic E-state index is 12.9. The Morgan fingerprint density at radius 1 is 1.25 bits per heavy atom. The molecule has 1 unspecified atom stereocenters. The maximum Gasteiger partial charge on any atom is 0.263 e. The van der Waals surface area contributed by atoms with Gasteiger partial charge in [0.25, 0.3) is 10.0 Å². The third kappa shape index (κ3) is 3.96. The average Bonchev–Trinajstić information content (AvgIpc) is 3.19. The van der Waals surface area contributed by atoms with Crippen molar-refractivity contribution in [1.29, 1.82) is 0 Å². The van der Waals surface area contributed by atoms with E-state index in [0.29, 0.717) is 38.3 Å². The second-order valence-electron chi connectivity index (χ2n) is 6.91. The molecule has 152 valence electrons. The predicted molar refractivity (Wildman–Crippen MR) is 100 cm³/mol. The van der Waals surface area contributed by atoms with E-state index < -0.39 is 22.4 Å². The number of hydrogen-bond donors (Lipinski definition) is 1. The van der Waals surface area contributed by atoms with Crippen LogP contribution in [0, 0.1) is 5.92 Å². The minimum Gasteiger partial charge on any atom is -0.493 e. The quantitative estimate of drug-likeness (QED) is 0.785. The average molecular weight is 431 g/mol. The Labute approximate surface area is 165 Å². The van der Waals surface area contributed by atoms with Crippen LogP contribution in [0.25, 0.3) is 0 Å². The van der Waals surface area contributed by atoms with Crippen molar-refractivity contribution in [2.24, 2.45) is 5.92 Å². The molecular formula is C17H20F2N4O3S2. The zero-order chi connectivity index (χ0) is 19.7. The van der Waals surface area contributed by atoms with Crippen LogP contribution in [0.5, 0.6) is 5.75 Å². The number of hydrogen-bond acceptors (Lipinski definition) is 7. The van der Waals surface area contributed by atoms with Crippen LogP contribution in [0.15, 0.2) is 29.4 Å². The van der Waals surface area contributed by atoms with Gasteiger partial charge in [-0.05, 0) is 32.0 Å². The van der Waals surface area contributed by atoms with E-state index in [1.807, 2.05) is 0 Å². The number of nitrogens with zero attached hydrogens (tertiary/aromatic N) is 3. The van der Waals surface area contributed by atoms with E-state index in [-0.39, 0.29) is 16.1 Å². The second-order valence-corrected chi connectivity index (χ2v) is 9.37. The van der Waals surface area contributed by atoms with Crippen molar-refractivity contribution in [1.82, 2.24) is 14.3 Å². The first-order valence-corrected chi connectivity index (χ1v) is 11.3. The Morgan fingerprint density at radius 3 is 2.71 bits per heavy atom. The molecule has 2 aliphatic rings. The number of anilines is 1. The highest BCUT2D eigenvalue weighted by atomic mass is 32.2. The predicted octanol–water partition coefficient (Wildman–Crippen LogP) is 3.14. The first-order chi connectivity index (χ1) is 13.4. The van der Waals surface area contributed by atoms with Gasteiger partial charge in [-0.25, -0.2) is 22.2 Å². The lowest BCUT2D eigenvalue weighted by atomic mass is 9.92. The summed E-state index contributed by atoms with van der Waals surface area (Å²) in [4.78, 5) is 6.12. The van der Waals surface area contributed by atoms with Crippen molar-refractivity contribution in [2.75, 3.05) is 24.4 Å². The molecule has 4 rings (SSSR count). The molecule has 11 heteroatoms. The molecule has 3 heterocycles. The van der Waals surface area contributed by atoms with Crippen LogP contribution in [-0.2, 0) is 10.0 Å². The Hall–Kier alpha value is -1.85. The summed E-state index contributed by atoms with van der Waals surface area (Å²) >= 11 is 0.952. The van der Waals surface area contributed by atoms with Gasteiger partial charge >= 0.3 is 0 Å². The highest BCUT2D eigenvalue weighted by molar-refractivity contribution is 7.93. The molecule has 0 radical (unpaired) electrons. The third-order valence-electron chi connectivity index (χ3n) is 5.26. The molecule has 0 saturated carbocycles. The van der Waals surface area contributed by atoms with Crippen LogP contribution in [0.3, 0.4) is 0 Å². The van der Waals surface area contributed by atoms with Gasteiger partial charge < -0.3 is 4.74 Å². The fourth-order valence-corrected chi connectivity index (χ4v) is 5.45. The van der Waals surface area contributed by atoms with Gasteiger partial charge in [0, 0.05) is 41.5 Å². The molecule has 1 N–H and O–H groups in total. The number of alkyl halides is 2. The maximum atomic E-state index is 12.9. The van der Waals surface area contributed by atoms with Crippen LogP contribution >= 0.6 is 11.5 Å². The van der Waals surface area contributed by atoms with E-state index in [0.717, 1.165) is 23.5 Å². The third-order valence-corrected chi connectivity index (χ3v) is 7.30. The van der Waals surface area contributed by atoms with E-state index in [1.165, 1.54) is 18.5 Å². The van der Waals surface area contributed by atoms with Gasteiger partial charge in [-0.2, -0.15) is 4.37 Å². The lowest BCUT2D eigenvalue weighted by Crippen LogP contribution is -2.40. The van der Waals surface area contributed by atoms with Crippen molar-refractivity contribution in [3.05, 3.63) is 30.1 Å². The summed E-state index contributed by atoms with van der Waals surface area (Å²) in [6.45, 7) is 1.68. The zero-order valence-electron chi connectivity index (χ0n) is 14.9. The summed E-state index contributed by atoms with van der Waals surface area (Å²) in [5, 5.41) is 0.193. The molecule has 1 aromatic carbocycles. The Kier molecular flexibility index (Phi) is 5.48. The molecule has 1 saturated heterocycles. The van der Waals surface area contributed by atoms with Gasteiger partial charge in [-0.1, -0.05) is 6.07 Å². The Balaban J connectivity index is 1.53. The highest BCUT2D eigenvalue weighted by Crippen LogP contribution is 2.39. The number of rotatable bonds is 5. The van der Waals surface area contributed by atoms with Crippen molar-refractivity contribution < 1.29 is 21.9 Å². The largest absolute Gasteiger partial charge is 0.493 e. The van der Waals surface area contributed by atoms with Crippen LogP contribution in [0.2, 0.25) is 0 Å². The van der Waals surface area contributed by atoms with E-state index in [4.69, 9.17) is 4.74 Å². The Morgan fingerprint density at radius 2 is 2.04 bits per heavy atom. The van der Waals surface area contributed by atoms with Crippen molar-refractivity contribution in [3.8, 4) is 5.75 Å². The number of nitrogens with one attached hydrogen (secondary N) is 1. The van der Waals surface area contributed by atoms with E-state index in [1.54, 1.807) is 6.07 Å². The number of fused-ring (bicyclic) bond motifs is 1. The standard InChI is InChI=1S/C17H20F2N4O3S2/c18-16(19)11-3-6-23(7-4-11)14-5-8-26-15-9-12(1-2-13(14)15)28(24,25)22-17-20-10-21-27-17/h1-2,9-11,14,16H,3-8H2,(H,20,21,22). The molecule has 1 aromatic heterocycles. The second kappa shape index (κ2) is 7.88. The highest BCUT2D eigenvalue weighted by Gasteiger charge is 2.33. The van der Waals surface area contributed by atoms with Crippen LogP contribution in [-0.4, -0.2) is 48.8 Å². The molecule has 0 bridgehead atoms. The zero-order valence-corrected chi connectivity index (χ0v) is 16.6. The van der Waals surface area contributed by atoms with Crippen molar-refractivity contribution >= 4 is 26.7 Å². The van der Waals surface area contributed by atoms with Crippen molar-refractivity contribution in [3.63, 3.8) is 0 Å². The molecule has 2 aliphatic heterocycles. The van der Waals surface area contributed by atoms with E-state index in [9.17, 15) is 17.2 Å². The van der Waals surface area contributed by atoms with Gasteiger partial charge in [-0.15, -0.1) is 0 Å². The number of halogens is 2. The molecule has 0 aliphatic carbocycles. The lowest BCUT2D eigenvalue weighted by molar-refractivity contribution is 0.0183. The summed E-state index contributed by atoms with van der Waals surface area (Å²) in [6, 6.07) is 4.86. The van der Waals surface area contributed by atoms with Crippen molar-refractivity contribution in [2.45, 2.75) is 36.6 Å². The summed E-state index contributed by atoms with van der Waals surface area (Å²) in [5.41, 5.74) is 0.900. The summed E-state index contributed by atoms with van der Waals surface area (Å²) in [6.07, 6.45) is 0.713. The summed E-state index contributed by atoms with van der Waals surface area (Å²) in [7, 11) is -3.79. The minimum absolute atomic E-state index is 0.0512. The van der Waals surface area contributed by atoms with Gasteiger partial charge in [0.15, 0.2) is 0 Å². The molecule has 1 atom stereocenters. The number of sulfonamides is 1. The molecule has 0 amide bonds. The minimum atomic E-state index is -3.79. The number of aromatic nitrogens is 2. The monoisotopic (exact) mass is 430 g/mol. The Bertz CT molecular complexity index is 916. The fraction of sp³-hybridized carbons (Fsp3) is 0.529. The number of ether oxygens (including phenoxy) is 1. The molecule has 28 heavy (non-hydrogen) atoms. The SMILES string of the molecule is O=S(=O)(Nc1ncns1)c1ccc2c(c1)OCCC2N1CCC(C(F)F)CC1. The van der Waals surface area contributed by atoms with Gasteiger partial charge in [0.05, 0.1) is 11.5 Å². The van der Waals surface area contributed by atoms with Crippen LogP contribution < -0.4 is 9.46 Å². The smallest absolute Gasteiger partial charge is 0.263 e. The first-order valence-electron chi connectivity index (χ1n) is 9.02. The first kappa shape index (κ1) is 19.5. The fourth-order valence-electron chi connectivity index (χ4n) is 3.77. The molecule has 1 fully saturated rings. The number of likely N-dealkylation sites (tertiary alicyclic amines) is 1. The summed E-state index contributed by atoms with van der Waals surface area (Å²) in [5.74, 6) is -0.0122. The van der Waals surface area contributed by atoms with E-state index in [2.05, 4.69) is 19.0 Å². The van der Waals surface area contributed by atoms with Gasteiger partial charge in [0.1, 0.15) is 12.1 Å². The molecule has 7 nitrogen and oxygen atoms in total. The van der Waals surface area contributed by atoms with Gasteiger partial charge in [0.2, 0.25) is 11.6 Å². The number of piperidine rings is 1. The lowest BCUT2D eigenvalue weighted by Gasteiger charge is -2.40. The van der Waals surface area contributed by atoms with Gasteiger partial charge in [-0.3, -0.25) is 9.62 Å². The van der Waals surface area contributed by atoms with Crippen LogP contribution in [0.1, 0.15) is 30.9 Å². The molecular weight excluding hydrogens is 410 g/mol.